The number of carbonyl (C=O) groups is 1. The molecule has 1 aromatic rings. The average molecular weight is 260 g/mol. The summed E-state index contributed by atoms with van der Waals surface area (Å²) < 4.78 is 5.51. The van der Waals surface area contributed by atoms with Crippen LogP contribution in [0.3, 0.4) is 0 Å². The molecular weight excluding hydrogens is 240 g/mol. The second kappa shape index (κ2) is 5.31. The predicted octanol–water partition coefficient (Wildman–Crippen LogP) is 1.68. The molecule has 2 aliphatic heterocycles. The van der Waals surface area contributed by atoms with Crippen LogP contribution in [0.25, 0.3) is 0 Å². The smallest absolute Gasteiger partial charge is 0.245 e. The quantitative estimate of drug-likeness (QED) is 0.879. The zero-order valence-corrected chi connectivity index (χ0v) is 11.2. The van der Waals surface area contributed by atoms with Crippen molar-refractivity contribution in [1.29, 1.82) is 0 Å². The predicted molar refractivity (Wildman–Crippen MR) is 72.5 cm³/mol. The SMILES string of the molecule is CC1NC(c2ccccc2)C(=O)N1C1CCCOC1. The van der Waals surface area contributed by atoms with Crippen LogP contribution in [0.2, 0.25) is 0 Å². The molecule has 2 heterocycles. The van der Waals surface area contributed by atoms with E-state index in [1.54, 1.807) is 0 Å². The second-order valence-corrected chi connectivity index (χ2v) is 5.30. The monoisotopic (exact) mass is 260 g/mol. The Balaban J connectivity index is 1.79. The first-order valence-corrected chi connectivity index (χ1v) is 6.98. The number of nitrogens with one attached hydrogen (secondary N) is 1. The van der Waals surface area contributed by atoms with Crippen LogP contribution in [0, 0.1) is 0 Å². The fraction of sp³-hybridized carbons (Fsp3) is 0.533. The van der Waals surface area contributed by atoms with Crippen molar-refractivity contribution in [3.63, 3.8) is 0 Å². The minimum Gasteiger partial charge on any atom is -0.379 e. The van der Waals surface area contributed by atoms with Gasteiger partial charge in [0.2, 0.25) is 5.91 Å². The number of amides is 1. The Hall–Kier alpha value is -1.39. The van der Waals surface area contributed by atoms with Crippen molar-refractivity contribution in [2.75, 3.05) is 13.2 Å². The highest BCUT2D eigenvalue weighted by atomic mass is 16.5. The van der Waals surface area contributed by atoms with Crippen molar-refractivity contribution < 1.29 is 9.53 Å². The van der Waals surface area contributed by atoms with E-state index in [0.717, 1.165) is 25.0 Å². The highest BCUT2D eigenvalue weighted by Crippen LogP contribution is 2.28. The average Bonchev–Trinajstić information content (AvgIpc) is 2.76. The second-order valence-electron chi connectivity index (χ2n) is 5.30. The van der Waals surface area contributed by atoms with Gasteiger partial charge in [0.1, 0.15) is 6.04 Å². The van der Waals surface area contributed by atoms with Gasteiger partial charge in [-0.25, -0.2) is 0 Å². The van der Waals surface area contributed by atoms with E-state index in [9.17, 15) is 4.79 Å². The van der Waals surface area contributed by atoms with Gasteiger partial charge in [0, 0.05) is 6.61 Å². The Labute approximate surface area is 113 Å². The van der Waals surface area contributed by atoms with E-state index in [0.29, 0.717) is 6.61 Å². The van der Waals surface area contributed by atoms with Crippen molar-refractivity contribution in [2.24, 2.45) is 0 Å². The van der Waals surface area contributed by atoms with Crippen LogP contribution in [-0.4, -0.2) is 36.2 Å². The minimum absolute atomic E-state index is 0.0735. The molecule has 2 fully saturated rings. The third-order valence-corrected chi connectivity index (χ3v) is 3.99. The van der Waals surface area contributed by atoms with E-state index in [1.807, 2.05) is 35.2 Å². The molecule has 3 unspecified atom stereocenters. The van der Waals surface area contributed by atoms with Crippen LogP contribution in [0.1, 0.15) is 31.4 Å². The number of rotatable bonds is 2. The lowest BCUT2D eigenvalue weighted by Crippen LogP contribution is -2.47. The Kier molecular flexibility index (Phi) is 3.53. The molecule has 0 spiro atoms. The molecule has 0 aliphatic carbocycles. The van der Waals surface area contributed by atoms with E-state index in [-0.39, 0.29) is 24.2 Å². The van der Waals surface area contributed by atoms with Crippen LogP contribution in [0.15, 0.2) is 30.3 Å². The van der Waals surface area contributed by atoms with Crippen LogP contribution in [0.4, 0.5) is 0 Å². The van der Waals surface area contributed by atoms with Gasteiger partial charge in [-0.05, 0) is 25.3 Å². The van der Waals surface area contributed by atoms with Gasteiger partial charge in [-0.15, -0.1) is 0 Å². The summed E-state index contributed by atoms with van der Waals surface area (Å²) in [6.07, 6.45) is 2.15. The third kappa shape index (κ3) is 2.38. The Bertz CT molecular complexity index is 443. The highest BCUT2D eigenvalue weighted by Gasteiger charge is 2.41. The number of hydrogen-bond donors (Lipinski definition) is 1. The van der Waals surface area contributed by atoms with Crippen molar-refractivity contribution >= 4 is 5.91 Å². The minimum atomic E-state index is -0.210. The lowest BCUT2D eigenvalue weighted by atomic mass is 10.1. The zero-order chi connectivity index (χ0) is 13.2. The molecule has 1 aromatic carbocycles. The number of nitrogens with zero attached hydrogens (tertiary/aromatic N) is 1. The Morgan fingerprint density at radius 2 is 2.11 bits per heavy atom. The highest BCUT2D eigenvalue weighted by molar-refractivity contribution is 5.86. The molecule has 4 nitrogen and oxygen atoms in total. The van der Waals surface area contributed by atoms with Crippen molar-refractivity contribution in [3.8, 4) is 0 Å². The summed E-state index contributed by atoms with van der Waals surface area (Å²) in [5.41, 5.74) is 1.04. The van der Waals surface area contributed by atoms with E-state index in [2.05, 4.69) is 12.2 Å². The van der Waals surface area contributed by atoms with Crippen molar-refractivity contribution in [3.05, 3.63) is 35.9 Å². The Morgan fingerprint density at radius 3 is 2.79 bits per heavy atom. The first-order chi connectivity index (χ1) is 9.27. The van der Waals surface area contributed by atoms with Crippen molar-refractivity contribution in [1.82, 2.24) is 10.2 Å². The summed E-state index contributed by atoms with van der Waals surface area (Å²) in [6.45, 7) is 3.54. The van der Waals surface area contributed by atoms with Crippen molar-refractivity contribution in [2.45, 2.75) is 38.0 Å². The molecule has 0 radical (unpaired) electrons. The third-order valence-electron chi connectivity index (χ3n) is 3.99. The fourth-order valence-electron chi connectivity index (χ4n) is 3.06. The fourth-order valence-corrected chi connectivity index (χ4v) is 3.06. The first-order valence-electron chi connectivity index (χ1n) is 6.98. The molecule has 1 N–H and O–H groups in total. The topological polar surface area (TPSA) is 41.6 Å². The number of hydrogen-bond acceptors (Lipinski definition) is 3. The molecule has 19 heavy (non-hydrogen) atoms. The molecule has 2 aliphatic rings. The molecule has 1 amide bonds. The molecule has 0 saturated carbocycles. The van der Waals surface area contributed by atoms with E-state index in [1.165, 1.54) is 0 Å². The van der Waals surface area contributed by atoms with Gasteiger partial charge < -0.3 is 9.64 Å². The van der Waals surface area contributed by atoms with Crippen LogP contribution in [-0.2, 0) is 9.53 Å². The van der Waals surface area contributed by atoms with E-state index < -0.39 is 0 Å². The molecule has 0 bridgehead atoms. The number of benzene rings is 1. The molecule has 102 valence electrons. The summed E-state index contributed by atoms with van der Waals surface area (Å²) in [5.74, 6) is 0.175. The van der Waals surface area contributed by atoms with E-state index >= 15 is 0 Å². The zero-order valence-electron chi connectivity index (χ0n) is 11.2. The van der Waals surface area contributed by atoms with Gasteiger partial charge in [0.05, 0.1) is 18.8 Å². The normalized spacial score (nSPS) is 31.7. The van der Waals surface area contributed by atoms with Gasteiger partial charge >= 0.3 is 0 Å². The maximum Gasteiger partial charge on any atom is 0.245 e. The van der Waals surface area contributed by atoms with Gasteiger partial charge in [0.15, 0.2) is 0 Å². The van der Waals surface area contributed by atoms with E-state index in [4.69, 9.17) is 4.74 Å². The largest absolute Gasteiger partial charge is 0.379 e. The lowest BCUT2D eigenvalue weighted by Gasteiger charge is -2.33. The summed E-state index contributed by atoms with van der Waals surface area (Å²) in [4.78, 5) is 14.6. The molecule has 0 aromatic heterocycles. The molecule has 3 rings (SSSR count). The van der Waals surface area contributed by atoms with Crippen LogP contribution >= 0.6 is 0 Å². The molecular formula is C15H20N2O2. The van der Waals surface area contributed by atoms with Gasteiger partial charge in [0.25, 0.3) is 0 Å². The van der Waals surface area contributed by atoms with Gasteiger partial charge in [-0.3, -0.25) is 10.1 Å². The molecule has 4 heteroatoms. The Morgan fingerprint density at radius 1 is 1.32 bits per heavy atom. The van der Waals surface area contributed by atoms with Gasteiger partial charge in [-0.1, -0.05) is 30.3 Å². The molecule has 3 atom stereocenters. The van der Waals surface area contributed by atoms with Crippen LogP contribution < -0.4 is 5.32 Å². The molecule has 2 saturated heterocycles. The summed E-state index contributed by atoms with van der Waals surface area (Å²) >= 11 is 0. The maximum atomic E-state index is 12.6. The summed E-state index contributed by atoms with van der Waals surface area (Å²) in [6, 6.07) is 9.93. The van der Waals surface area contributed by atoms with Gasteiger partial charge in [-0.2, -0.15) is 0 Å². The summed E-state index contributed by atoms with van der Waals surface area (Å²) in [7, 11) is 0. The number of ether oxygens (including phenoxy) is 1. The lowest BCUT2D eigenvalue weighted by molar-refractivity contribution is -0.134. The first kappa shape index (κ1) is 12.6. The maximum absolute atomic E-state index is 12.6. The van der Waals surface area contributed by atoms with Crippen LogP contribution in [0.5, 0.6) is 0 Å². The summed E-state index contributed by atoms with van der Waals surface area (Å²) in [5, 5.41) is 3.39. The standard InChI is InChI=1S/C15H20N2O2/c1-11-16-14(12-6-3-2-4-7-12)15(18)17(11)13-8-5-9-19-10-13/h2-4,6-7,11,13-14,16H,5,8-10H2,1H3. The number of carbonyl (C=O) groups excluding carboxylic acids is 1.